The molecule has 82 valence electrons. The fourth-order valence-corrected chi connectivity index (χ4v) is 1.72. The minimum absolute atomic E-state index is 0.489. The minimum atomic E-state index is 0.489. The third kappa shape index (κ3) is 5.49. The minimum Gasteiger partial charge on any atom is -0.0999 e. The highest BCUT2D eigenvalue weighted by Crippen LogP contribution is 2.27. The van der Waals surface area contributed by atoms with Gasteiger partial charge in [-0.2, -0.15) is 0 Å². The van der Waals surface area contributed by atoms with Crippen LogP contribution in [0, 0.1) is 11.8 Å². The van der Waals surface area contributed by atoms with Crippen molar-refractivity contribution in [3.05, 3.63) is 23.8 Å². The van der Waals surface area contributed by atoms with Gasteiger partial charge >= 0.3 is 0 Å². The molecule has 1 heteroatoms. The van der Waals surface area contributed by atoms with Crippen molar-refractivity contribution < 1.29 is 0 Å². The number of hydrogen-bond donors (Lipinski definition) is 0. The molecule has 0 aliphatic carbocycles. The van der Waals surface area contributed by atoms with Crippen LogP contribution in [0.5, 0.6) is 0 Å². The van der Waals surface area contributed by atoms with Gasteiger partial charge in [0.25, 0.3) is 0 Å². The van der Waals surface area contributed by atoms with E-state index in [0.717, 1.165) is 17.9 Å². The summed E-state index contributed by atoms with van der Waals surface area (Å²) < 4.78 is 0. The summed E-state index contributed by atoms with van der Waals surface area (Å²) in [6.45, 7) is 14.3. The van der Waals surface area contributed by atoms with Crippen LogP contribution in [0.4, 0.5) is 0 Å². The molecule has 14 heavy (non-hydrogen) atoms. The van der Waals surface area contributed by atoms with Gasteiger partial charge in [-0.3, -0.25) is 0 Å². The lowest BCUT2D eigenvalue weighted by Crippen LogP contribution is -2.04. The van der Waals surface area contributed by atoms with Gasteiger partial charge < -0.3 is 0 Å². The Kier molecular flexibility index (Phi) is 7.00. The fraction of sp³-hybridized carbons (Fsp3) is 0.692. The first-order valence-electron chi connectivity index (χ1n) is 5.48. The molecule has 0 aromatic carbocycles. The second kappa shape index (κ2) is 7.11. The zero-order valence-corrected chi connectivity index (χ0v) is 10.5. The lowest BCUT2D eigenvalue weighted by atomic mass is 9.91. The molecule has 0 saturated heterocycles. The highest BCUT2D eigenvalue weighted by molar-refractivity contribution is 6.29. The Morgan fingerprint density at radius 3 is 2.14 bits per heavy atom. The van der Waals surface area contributed by atoms with Gasteiger partial charge in [-0.25, -0.2) is 0 Å². The van der Waals surface area contributed by atoms with Gasteiger partial charge in [-0.1, -0.05) is 50.6 Å². The molecule has 0 nitrogen and oxygen atoms in total. The predicted octanol–water partition coefficient (Wildman–Crippen LogP) is 5.15. The van der Waals surface area contributed by atoms with Crippen molar-refractivity contribution in [3.63, 3.8) is 0 Å². The Morgan fingerprint density at radius 2 is 1.79 bits per heavy atom. The molecule has 0 N–H and O–H groups in total. The number of allylic oxidation sites excluding steroid dienone is 2. The highest BCUT2D eigenvalue weighted by Gasteiger charge is 2.12. The third-order valence-electron chi connectivity index (χ3n) is 2.87. The lowest BCUT2D eigenvalue weighted by Gasteiger charge is -2.17. The molecule has 0 fully saturated rings. The van der Waals surface area contributed by atoms with Crippen molar-refractivity contribution in [2.75, 3.05) is 0 Å². The van der Waals surface area contributed by atoms with Gasteiger partial charge in [0, 0.05) is 5.03 Å². The summed E-state index contributed by atoms with van der Waals surface area (Å²) in [5.41, 5.74) is 1.26. The van der Waals surface area contributed by atoms with Crippen LogP contribution in [0.2, 0.25) is 0 Å². The zero-order chi connectivity index (χ0) is 11.1. The Balaban J connectivity index is 3.93. The normalized spacial score (nSPS) is 14.9. The van der Waals surface area contributed by atoms with Crippen LogP contribution >= 0.6 is 11.6 Å². The molecular weight excluding hydrogens is 192 g/mol. The molecule has 2 unspecified atom stereocenters. The Labute approximate surface area is 94.0 Å². The molecule has 2 atom stereocenters. The maximum absolute atomic E-state index is 5.97. The molecule has 0 aromatic rings. The lowest BCUT2D eigenvalue weighted by molar-refractivity contribution is 0.464. The molecule has 0 aliphatic rings. The Bertz CT molecular complexity index is 193. The first kappa shape index (κ1) is 13.8. The molecule has 0 saturated carbocycles. The zero-order valence-electron chi connectivity index (χ0n) is 9.78. The van der Waals surface area contributed by atoms with Crippen LogP contribution < -0.4 is 0 Å². The van der Waals surface area contributed by atoms with Crippen LogP contribution in [-0.2, 0) is 0 Å². The maximum Gasteiger partial charge on any atom is 0.0140 e. The molecule has 0 aromatic heterocycles. The van der Waals surface area contributed by atoms with Crippen molar-refractivity contribution >= 4 is 11.6 Å². The SMILES string of the molecule is C=C(C)C(C)CCC(CCC)C(=C)Cl. The summed E-state index contributed by atoms with van der Waals surface area (Å²) in [6.07, 6.45) is 4.65. The monoisotopic (exact) mass is 214 g/mol. The summed E-state index contributed by atoms with van der Waals surface area (Å²) in [4.78, 5) is 0. The summed E-state index contributed by atoms with van der Waals surface area (Å²) in [5.74, 6) is 1.09. The first-order chi connectivity index (χ1) is 6.49. The molecule has 0 bridgehead atoms. The van der Waals surface area contributed by atoms with Crippen LogP contribution in [-0.4, -0.2) is 0 Å². The molecule has 0 rings (SSSR count). The van der Waals surface area contributed by atoms with E-state index in [1.54, 1.807) is 0 Å². The average molecular weight is 215 g/mol. The second-order valence-electron chi connectivity index (χ2n) is 4.26. The van der Waals surface area contributed by atoms with Crippen molar-refractivity contribution in [3.8, 4) is 0 Å². The first-order valence-corrected chi connectivity index (χ1v) is 5.86. The Hall–Kier alpha value is -0.230. The van der Waals surface area contributed by atoms with E-state index in [2.05, 4.69) is 33.9 Å². The number of halogens is 1. The highest BCUT2D eigenvalue weighted by atomic mass is 35.5. The topological polar surface area (TPSA) is 0 Å². The Morgan fingerprint density at radius 1 is 1.21 bits per heavy atom. The fourth-order valence-electron chi connectivity index (χ4n) is 1.50. The summed E-state index contributed by atoms with van der Waals surface area (Å²) >= 11 is 5.97. The molecule has 0 amide bonds. The van der Waals surface area contributed by atoms with E-state index in [-0.39, 0.29) is 0 Å². The van der Waals surface area contributed by atoms with Crippen molar-refractivity contribution in [1.29, 1.82) is 0 Å². The molecular formula is C13H23Cl. The summed E-state index contributed by atoms with van der Waals surface area (Å²) in [5, 5.41) is 0.820. The van der Waals surface area contributed by atoms with Crippen molar-refractivity contribution in [1.82, 2.24) is 0 Å². The number of hydrogen-bond acceptors (Lipinski definition) is 0. The van der Waals surface area contributed by atoms with E-state index in [1.807, 2.05) is 0 Å². The standard InChI is InChI=1S/C13H23Cl/c1-6-7-13(12(5)14)9-8-11(4)10(2)3/h11,13H,2,5-9H2,1,3-4H3. The van der Waals surface area contributed by atoms with E-state index in [4.69, 9.17) is 11.6 Å². The van der Waals surface area contributed by atoms with E-state index < -0.39 is 0 Å². The van der Waals surface area contributed by atoms with Gasteiger partial charge in [0.05, 0.1) is 0 Å². The van der Waals surface area contributed by atoms with Gasteiger partial charge in [0.1, 0.15) is 0 Å². The quantitative estimate of drug-likeness (QED) is 0.515. The molecule has 0 spiro atoms. The second-order valence-corrected chi connectivity index (χ2v) is 4.74. The molecule has 0 heterocycles. The van der Waals surface area contributed by atoms with Gasteiger partial charge in [0.15, 0.2) is 0 Å². The van der Waals surface area contributed by atoms with Crippen LogP contribution in [0.25, 0.3) is 0 Å². The largest absolute Gasteiger partial charge is 0.0999 e. The van der Waals surface area contributed by atoms with Gasteiger partial charge in [-0.05, 0) is 38.0 Å². The summed E-state index contributed by atoms with van der Waals surface area (Å²) in [7, 11) is 0. The maximum atomic E-state index is 5.97. The van der Waals surface area contributed by atoms with Crippen LogP contribution in [0.1, 0.15) is 46.5 Å². The molecule has 0 aliphatic heterocycles. The molecule has 0 radical (unpaired) electrons. The summed E-state index contributed by atoms with van der Waals surface area (Å²) in [6, 6.07) is 0. The van der Waals surface area contributed by atoms with Crippen LogP contribution in [0.3, 0.4) is 0 Å². The predicted molar refractivity (Wildman–Crippen MR) is 66.6 cm³/mol. The van der Waals surface area contributed by atoms with E-state index >= 15 is 0 Å². The smallest absolute Gasteiger partial charge is 0.0140 e. The van der Waals surface area contributed by atoms with Crippen LogP contribution in [0.15, 0.2) is 23.8 Å². The number of rotatable bonds is 7. The third-order valence-corrected chi connectivity index (χ3v) is 3.18. The average Bonchev–Trinajstić information content (AvgIpc) is 2.10. The van der Waals surface area contributed by atoms with Gasteiger partial charge in [0.2, 0.25) is 0 Å². The van der Waals surface area contributed by atoms with E-state index in [9.17, 15) is 0 Å². The van der Waals surface area contributed by atoms with Crippen molar-refractivity contribution in [2.24, 2.45) is 11.8 Å². The van der Waals surface area contributed by atoms with Gasteiger partial charge in [-0.15, -0.1) is 0 Å². The van der Waals surface area contributed by atoms with Crippen molar-refractivity contribution in [2.45, 2.75) is 46.5 Å². The van der Waals surface area contributed by atoms with E-state index in [1.165, 1.54) is 18.4 Å². The van der Waals surface area contributed by atoms with E-state index in [0.29, 0.717) is 11.8 Å².